The number of carbonyl (C=O) groups is 1. The lowest BCUT2D eigenvalue weighted by Gasteiger charge is -1.96. The third-order valence-electron chi connectivity index (χ3n) is 2.97. The number of phenolic OH excluding ortho intramolecular Hbond substituents is 1. The summed E-state index contributed by atoms with van der Waals surface area (Å²) in [5.41, 5.74) is 2.04. The zero-order chi connectivity index (χ0) is 13.6. The number of carboxylic acids is 1. The number of carboxylic acid groups (broad SMARTS) is 1. The van der Waals surface area contributed by atoms with Crippen LogP contribution in [0.4, 0.5) is 0 Å². The molecule has 6 heteroatoms. The first kappa shape index (κ1) is 11.3. The normalized spacial score (nSPS) is 11.0. The van der Waals surface area contributed by atoms with Gasteiger partial charge >= 0.3 is 5.97 Å². The molecule has 0 saturated heterocycles. The van der Waals surface area contributed by atoms with Gasteiger partial charge in [-0.05, 0) is 12.1 Å². The van der Waals surface area contributed by atoms with Crippen LogP contribution in [0.15, 0.2) is 35.0 Å². The van der Waals surface area contributed by atoms with Crippen LogP contribution in [0.1, 0.15) is 10.6 Å². The number of fused-ring (bicyclic) bond motifs is 1. The fraction of sp³-hybridized carbons (Fsp3) is 0.0769. The standard InChI is InChI=1S/C13H10N2O4/c1-15-6-9(8-3-2-7(16)4-11(8)15)10-5-12(13(17)18)19-14-10/h2-6,16H,1H3,(H,17,18). The Labute approximate surface area is 107 Å². The number of aromatic carboxylic acids is 1. The Morgan fingerprint density at radius 1 is 1.37 bits per heavy atom. The summed E-state index contributed by atoms with van der Waals surface area (Å²) in [6.07, 6.45) is 1.81. The Kier molecular flexibility index (Phi) is 2.31. The molecule has 1 aromatic carbocycles. The van der Waals surface area contributed by atoms with Gasteiger partial charge in [0.25, 0.3) is 0 Å². The highest BCUT2D eigenvalue weighted by Gasteiger charge is 2.16. The molecule has 2 N–H and O–H groups in total. The summed E-state index contributed by atoms with van der Waals surface area (Å²) in [6, 6.07) is 6.35. The van der Waals surface area contributed by atoms with Crippen molar-refractivity contribution < 1.29 is 19.5 Å². The molecule has 0 bridgehead atoms. The highest BCUT2D eigenvalue weighted by Crippen LogP contribution is 2.31. The number of aromatic nitrogens is 2. The Balaban J connectivity index is 2.22. The van der Waals surface area contributed by atoms with Crippen LogP contribution >= 0.6 is 0 Å². The quantitative estimate of drug-likeness (QED) is 0.735. The minimum Gasteiger partial charge on any atom is -0.508 e. The molecule has 0 fully saturated rings. The predicted molar refractivity (Wildman–Crippen MR) is 67.0 cm³/mol. The zero-order valence-electron chi connectivity index (χ0n) is 9.99. The van der Waals surface area contributed by atoms with E-state index in [0.717, 1.165) is 16.5 Å². The number of aryl methyl sites for hydroxylation is 1. The molecule has 0 spiro atoms. The van der Waals surface area contributed by atoms with Crippen LogP contribution in [0.25, 0.3) is 22.2 Å². The van der Waals surface area contributed by atoms with Crippen molar-refractivity contribution in [3.05, 3.63) is 36.2 Å². The summed E-state index contributed by atoms with van der Waals surface area (Å²) in [4.78, 5) is 10.8. The minimum atomic E-state index is -1.16. The van der Waals surface area contributed by atoms with Crippen LogP contribution in [0.2, 0.25) is 0 Å². The molecule has 96 valence electrons. The fourth-order valence-electron chi connectivity index (χ4n) is 2.08. The molecular formula is C13H10N2O4. The van der Waals surface area contributed by atoms with Gasteiger partial charge in [0.1, 0.15) is 11.4 Å². The number of nitrogens with zero attached hydrogens (tertiary/aromatic N) is 2. The SMILES string of the molecule is Cn1cc(-c2cc(C(=O)O)on2)c2ccc(O)cc21. The van der Waals surface area contributed by atoms with E-state index >= 15 is 0 Å². The third kappa shape index (κ3) is 1.74. The van der Waals surface area contributed by atoms with E-state index in [0.29, 0.717) is 5.69 Å². The van der Waals surface area contributed by atoms with E-state index in [9.17, 15) is 9.90 Å². The second kappa shape index (κ2) is 3.88. The van der Waals surface area contributed by atoms with Crippen molar-refractivity contribution >= 4 is 16.9 Å². The lowest BCUT2D eigenvalue weighted by Crippen LogP contribution is -1.91. The molecular weight excluding hydrogens is 248 g/mol. The van der Waals surface area contributed by atoms with Crippen LogP contribution in [-0.4, -0.2) is 25.9 Å². The molecule has 19 heavy (non-hydrogen) atoms. The van der Waals surface area contributed by atoms with Crippen LogP contribution in [-0.2, 0) is 7.05 Å². The number of rotatable bonds is 2. The van der Waals surface area contributed by atoms with E-state index < -0.39 is 5.97 Å². The maximum absolute atomic E-state index is 10.8. The molecule has 0 unspecified atom stereocenters. The van der Waals surface area contributed by atoms with Crippen molar-refractivity contribution in [3.63, 3.8) is 0 Å². The van der Waals surface area contributed by atoms with Crippen LogP contribution in [0, 0.1) is 0 Å². The van der Waals surface area contributed by atoms with Crippen molar-refractivity contribution in [3.8, 4) is 17.0 Å². The second-order valence-corrected chi connectivity index (χ2v) is 4.24. The van der Waals surface area contributed by atoms with Gasteiger partial charge in [-0.1, -0.05) is 5.16 Å². The summed E-state index contributed by atoms with van der Waals surface area (Å²) in [6.45, 7) is 0. The van der Waals surface area contributed by atoms with Gasteiger partial charge in [-0.15, -0.1) is 0 Å². The zero-order valence-corrected chi connectivity index (χ0v) is 9.99. The molecule has 3 aromatic rings. The van der Waals surface area contributed by atoms with Crippen molar-refractivity contribution in [2.24, 2.45) is 7.05 Å². The first-order valence-corrected chi connectivity index (χ1v) is 5.54. The Morgan fingerprint density at radius 3 is 2.84 bits per heavy atom. The summed E-state index contributed by atoms with van der Waals surface area (Å²) < 4.78 is 6.59. The lowest BCUT2D eigenvalue weighted by molar-refractivity contribution is 0.0652. The van der Waals surface area contributed by atoms with Gasteiger partial charge in [-0.3, -0.25) is 0 Å². The summed E-state index contributed by atoms with van der Waals surface area (Å²) in [7, 11) is 1.84. The van der Waals surface area contributed by atoms with Crippen LogP contribution < -0.4 is 0 Å². The molecule has 0 amide bonds. The highest BCUT2D eigenvalue weighted by atomic mass is 16.5. The largest absolute Gasteiger partial charge is 0.508 e. The van der Waals surface area contributed by atoms with Crippen molar-refractivity contribution in [2.75, 3.05) is 0 Å². The van der Waals surface area contributed by atoms with Gasteiger partial charge in [0, 0.05) is 36.3 Å². The van der Waals surface area contributed by atoms with Gasteiger partial charge in [-0.2, -0.15) is 0 Å². The van der Waals surface area contributed by atoms with Gasteiger partial charge in [0.2, 0.25) is 5.76 Å². The second-order valence-electron chi connectivity index (χ2n) is 4.24. The van der Waals surface area contributed by atoms with E-state index in [4.69, 9.17) is 9.63 Å². The van der Waals surface area contributed by atoms with E-state index in [2.05, 4.69) is 5.16 Å². The van der Waals surface area contributed by atoms with E-state index in [1.165, 1.54) is 6.07 Å². The Hall–Kier alpha value is -2.76. The fourth-order valence-corrected chi connectivity index (χ4v) is 2.08. The third-order valence-corrected chi connectivity index (χ3v) is 2.97. The molecule has 3 rings (SSSR count). The molecule has 0 atom stereocenters. The van der Waals surface area contributed by atoms with Gasteiger partial charge in [-0.25, -0.2) is 4.79 Å². The van der Waals surface area contributed by atoms with Crippen LogP contribution in [0.3, 0.4) is 0 Å². The predicted octanol–water partition coefficient (Wildman–Crippen LogP) is 2.24. The Morgan fingerprint density at radius 2 is 2.16 bits per heavy atom. The number of hydrogen-bond donors (Lipinski definition) is 2. The molecule has 0 aliphatic carbocycles. The molecule has 2 aromatic heterocycles. The molecule has 0 saturated carbocycles. The number of aromatic hydroxyl groups is 1. The Bertz CT molecular complexity index is 785. The number of hydrogen-bond acceptors (Lipinski definition) is 4. The van der Waals surface area contributed by atoms with E-state index in [-0.39, 0.29) is 11.5 Å². The maximum atomic E-state index is 10.8. The molecule has 0 radical (unpaired) electrons. The molecule has 0 aliphatic heterocycles. The van der Waals surface area contributed by atoms with E-state index in [1.54, 1.807) is 18.2 Å². The number of phenols is 1. The first-order chi connectivity index (χ1) is 9.06. The van der Waals surface area contributed by atoms with Gasteiger partial charge in [0.15, 0.2) is 0 Å². The highest BCUT2D eigenvalue weighted by molar-refractivity contribution is 5.96. The topological polar surface area (TPSA) is 88.5 Å². The molecule has 2 heterocycles. The average molecular weight is 258 g/mol. The summed E-state index contributed by atoms with van der Waals surface area (Å²) in [5.74, 6) is -1.19. The smallest absolute Gasteiger partial charge is 0.374 e. The van der Waals surface area contributed by atoms with Crippen molar-refractivity contribution in [1.29, 1.82) is 0 Å². The van der Waals surface area contributed by atoms with Gasteiger partial charge < -0.3 is 19.3 Å². The maximum Gasteiger partial charge on any atom is 0.374 e. The lowest BCUT2D eigenvalue weighted by atomic mass is 10.1. The van der Waals surface area contributed by atoms with E-state index in [1.807, 2.05) is 17.8 Å². The van der Waals surface area contributed by atoms with Crippen LogP contribution in [0.5, 0.6) is 5.75 Å². The summed E-state index contributed by atoms with van der Waals surface area (Å²) >= 11 is 0. The first-order valence-electron chi connectivity index (χ1n) is 5.54. The monoisotopic (exact) mass is 258 g/mol. The molecule has 0 aliphatic rings. The molecule has 6 nitrogen and oxygen atoms in total. The minimum absolute atomic E-state index is 0.173. The van der Waals surface area contributed by atoms with Crippen molar-refractivity contribution in [2.45, 2.75) is 0 Å². The number of benzene rings is 1. The summed E-state index contributed by atoms with van der Waals surface area (Å²) in [5, 5.41) is 22.9. The average Bonchev–Trinajstić information content (AvgIpc) is 2.95. The van der Waals surface area contributed by atoms with Crippen molar-refractivity contribution in [1.82, 2.24) is 9.72 Å². The van der Waals surface area contributed by atoms with Gasteiger partial charge in [0.05, 0.1) is 5.52 Å².